The average molecular weight is 639 g/mol. The zero-order valence-corrected chi connectivity index (χ0v) is 26.6. The number of hydrogen-bond donors (Lipinski definition) is 0. The minimum absolute atomic E-state index is 0.0198. The minimum Gasteiger partial charge on any atom is -0.462 e. The zero-order chi connectivity index (χ0) is 33.8. The molecule has 1 heterocycles. The molecule has 1 rings (SSSR count). The Hall–Kier alpha value is -4.00. The summed E-state index contributed by atoms with van der Waals surface area (Å²) in [4.78, 5) is 71.8. The quantitative estimate of drug-likeness (QED) is 0.0767. The van der Waals surface area contributed by atoms with Crippen molar-refractivity contribution in [3.8, 4) is 0 Å². The van der Waals surface area contributed by atoms with Gasteiger partial charge in [-0.3, -0.25) is 14.4 Å². The molecule has 0 saturated carbocycles. The van der Waals surface area contributed by atoms with Crippen LogP contribution in [0.15, 0.2) is 36.5 Å². The van der Waals surface area contributed by atoms with Crippen molar-refractivity contribution < 1.29 is 61.9 Å². The first kappa shape index (κ1) is 39.0. The van der Waals surface area contributed by atoms with Crippen LogP contribution in [0.4, 0.5) is 0 Å². The van der Waals surface area contributed by atoms with E-state index in [2.05, 4.69) is 19.7 Å². The van der Waals surface area contributed by atoms with E-state index in [9.17, 15) is 28.8 Å². The molecule has 45 heavy (non-hydrogen) atoms. The lowest BCUT2D eigenvalue weighted by molar-refractivity contribution is -0.230. The van der Waals surface area contributed by atoms with Gasteiger partial charge in [-0.1, -0.05) is 19.7 Å². The van der Waals surface area contributed by atoms with Gasteiger partial charge in [0.2, 0.25) is 6.29 Å². The molecule has 13 heteroatoms. The van der Waals surface area contributed by atoms with Crippen LogP contribution in [-0.4, -0.2) is 80.7 Å². The topological polar surface area (TPSA) is 167 Å². The molecular formula is C32H46O13. The summed E-state index contributed by atoms with van der Waals surface area (Å²) in [6.07, 6.45) is -0.378. The van der Waals surface area contributed by atoms with Gasteiger partial charge in [-0.2, -0.15) is 0 Å². The van der Waals surface area contributed by atoms with Crippen molar-refractivity contribution in [2.45, 2.75) is 103 Å². The third kappa shape index (κ3) is 17.8. The van der Waals surface area contributed by atoms with Crippen LogP contribution in [0, 0.1) is 0 Å². The largest absolute Gasteiger partial charge is 0.462 e. The number of hydrogen-bond acceptors (Lipinski definition) is 13. The predicted molar refractivity (Wildman–Crippen MR) is 159 cm³/mol. The van der Waals surface area contributed by atoms with Gasteiger partial charge >= 0.3 is 35.8 Å². The van der Waals surface area contributed by atoms with Crippen LogP contribution in [0.2, 0.25) is 0 Å². The zero-order valence-electron chi connectivity index (χ0n) is 26.6. The van der Waals surface area contributed by atoms with Crippen LogP contribution < -0.4 is 0 Å². The van der Waals surface area contributed by atoms with Crippen molar-refractivity contribution in [2.24, 2.45) is 0 Å². The number of ether oxygens (including phenoxy) is 7. The highest BCUT2D eigenvalue weighted by atomic mass is 16.7. The second kappa shape index (κ2) is 21.7. The van der Waals surface area contributed by atoms with Crippen molar-refractivity contribution in [2.75, 3.05) is 26.4 Å². The van der Waals surface area contributed by atoms with Crippen molar-refractivity contribution in [1.29, 1.82) is 0 Å². The molecule has 0 radical (unpaired) electrons. The number of unbranched alkanes of at least 4 members (excludes halogenated alkanes) is 3. The van der Waals surface area contributed by atoms with E-state index in [0.29, 0.717) is 38.5 Å². The van der Waals surface area contributed by atoms with E-state index in [4.69, 9.17) is 33.2 Å². The van der Waals surface area contributed by atoms with Crippen LogP contribution in [0.5, 0.6) is 0 Å². The van der Waals surface area contributed by atoms with Crippen molar-refractivity contribution >= 4 is 35.8 Å². The van der Waals surface area contributed by atoms with Gasteiger partial charge in [0.25, 0.3) is 0 Å². The Morgan fingerprint density at radius 2 is 0.911 bits per heavy atom. The first-order valence-corrected chi connectivity index (χ1v) is 15.0. The molecule has 0 spiro atoms. The van der Waals surface area contributed by atoms with Gasteiger partial charge in [0.15, 0.2) is 6.10 Å². The summed E-state index contributed by atoms with van der Waals surface area (Å²) in [5.41, 5.74) is 0.845. The summed E-state index contributed by atoms with van der Waals surface area (Å²) in [7, 11) is 0. The van der Waals surface area contributed by atoms with Crippen LogP contribution in [0.3, 0.4) is 0 Å². The molecule has 0 aliphatic carbocycles. The Morgan fingerprint density at radius 1 is 0.556 bits per heavy atom. The maximum atomic E-state index is 12.6. The number of esters is 6. The second-order valence-electron chi connectivity index (χ2n) is 10.7. The molecule has 3 atom stereocenters. The minimum atomic E-state index is -1.03. The molecule has 0 aromatic rings. The maximum Gasteiger partial charge on any atom is 0.333 e. The third-order valence-corrected chi connectivity index (χ3v) is 6.18. The molecule has 1 aliphatic rings. The number of rotatable bonds is 21. The highest BCUT2D eigenvalue weighted by Gasteiger charge is 2.38. The first-order chi connectivity index (χ1) is 21.3. The summed E-state index contributed by atoms with van der Waals surface area (Å²) in [6, 6.07) is 0. The Kier molecular flexibility index (Phi) is 18.8. The van der Waals surface area contributed by atoms with Gasteiger partial charge in [-0.25, -0.2) is 14.4 Å². The summed E-state index contributed by atoms with van der Waals surface area (Å²) in [6.45, 7) is 15.3. The van der Waals surface area contributed by atoms with Crippen LogP contribution in [0.25, 0.3) is 0 Å². The van der Waals surface area contributed by atoms with Gasteiger partial charge in [0.1, 0.15) is 6.10 Å². The fraction of sp³-hybridized carbons (Fsp3) is 0.625. The van der Waals surface area contributed by atoms with Crippen molar-refractivity contribution in [1.82, 2.24) is 0 Å². The van der Waals surface area contributed by atoms with Gasteiger partial charge in [-0.05, 0) is 59.3 Å². The molecule has 252 valence electrons. The van der Waals surface area contributed by atoms with E-state index in [1.807, 2.05) is 0 Å². The first-order valence-electron chi connectivity index (χ1n) is 15.0. The molecule has 0 N–H and O–H groups in total. The Morgan fingerprint density at radius 3 is 1.29 bits per heavy atom. The van der Waals surface area contributed by atoms with E-state index >= 15 is 0 Å². The third-order valence-electron chi connectivity index (χ3n) is 6.18. The normalized spacial score (nSPS) is 17.3. The number of carbonyl (C=O) groups excluding carboxylic acids is 6. The highest BCUT2D eigenvalue weighted by Crippen LogP contribution is 2.23. The lowest BCUT2D eigenvalue weighted by Gasteiger charge is -2.34. The van der Waals surface area contributed by atoms with E-state index in [0.717, 1.165) is 0 Å². The Bertz CT molecular complexity index is 1080. The monoisotopic (exact) mass is 638 g/mol. The van der Waals surface area contributed by atoms with E-state index in [-0.39, 0.29) is 68.8 Å². The molecule has 2 unspecified atom stereocenters. The maximum absolute atomic E-state index is 12.6. The van der Waals surface area contributed by atoms with E-state index in [1.54, 1.807) is 0 Å². The van der Waals surface area contributed by atoms with E-state index in [1.165, 1.54) is 20.8 Å². The van der Waals surface area contributed by atoms with Gasteiger partial charge in [-0.15, -0.1) is 0 Å². The molecule has 1 fully saturated rings. The fourth-order valence-electron chi connectivity index (χ4n) is 3.67. The molecule has 0 amide bonds. The summed E-state index contributed by atoms with van der Waals surface area (Å²) in [5.74, 6) is -3.19. The van der Waals surface area contributed by atoms with Gasteiger partial charge in [0, 0.05) is 36.0 Å². The Labute approximate surface area is 264 Å². The van der Waals surface area contributed by atoms with Gasteiger partial charge in [0.05, 0.1) is 32.8 Å². The fourth-order valence-corrected chi connectivity index (χ4v) is 3.67. The van der Waals surface area contributed by atoms with Crippen molar-refractivity contribution in [3.05, 3.63) is 36.5 Å². The summed E-state index contributed by atoms with van der Waals surface area (Å²) in [5, 5.41) is 0. The summed E-state index contributed by atoms with van der Waals surface area (Å²) < 4.78 is 37.1. The van der Waals surface area contributed by atoms with Crippen LogP contribution in [-0.2, 0) is 61.9 Å². The molecule has 13 nitrogen and oxygen atoms in total. The van der Waals surface area contributed by atoms with E-state index < -0.39 is 54.3 Å². The lowest BCUT2D eigenvalue weighted by Crippen LogP contribution is -2.47. The molecule has 1 saturated heterocycles. The lowest BCUT2D eigenvalue weighted by atomic mass is 10.1. The predicted octanol–water partition coefficient (Wildman–Crippen LogP) is 3.97. The highest BCUT2D eigenvalue weighted by molar-refractivity contribution is 5.87. The average Bonchev–Trinajstić information content (AvgIpc) is 2.97. The molecule has 0 aromatic heterocycles. The van der Waals surface area contributed by atoms with Gasteiger partial charge < -0.3 is 33.2 Å². The summed E-state index contributed by atoms with van der Waals surface area (Å²) >= 11 is 0. The number of carbonyl (C=O) groups is 6. The molecular weight excluding hydrogens is 592 g/mol. The molecule has 1 aliphatic heterocycles. The standard InChI is InChI=1S/C32H46O13/c1-21(2)30(36)39-16-10-7-13-26(33)43-24-19-29(45-28(35)15-9-12-18-41-32(38)23(5)6)42-20-25(24)44-27(34)14-8-11-17-40-31(37)22(3)4/h24-25,29H,1,3,5,7-20H2,2,4,6H3/t24?,25-,29?/m1/s1. The molecule has 0 aromatic carbocycles. The second-order valence-corrected chi connectivity index (χ2v) is 10.7. The SMILES string of the molecule is C=C(C)C(=O)OCCCCC(=O)OC1CC(OC(=O)CCCCOC(=O)C(=C)C)[C@H](OC(=O)CCCCOC(=O)C(=C)C)CO1. The Balaban J connectivity index is 2.60. The smallest absolute Gasteiger partial charge is 0.333 e. The van der Waals surface area contributed by atoms with Crippen LogP contribution in [0.1, 0.15) is 85.0 Å². The van der Waals surface area contributed by atoms with Crippen LogP contribution >= 0.6 is 0 Å². The van der Waals surface area contributed by atoms with Crippen molar-refractivity contribution in [3.63, 3.8) is 0 Å². The molecule has 0 bridgehead atoms.